The van der Waals surface area contributed by atoms with E-state index in [4.69, 9.17) is 4.74 Å². The van der Waals surface area contributed by atoms with E-state index in [0.717, 1.165) is 4.88 Å². The van der Waals surface area contributed by atoms with E-state index in [2.05, 4.69) is 10.6 Å². The molecule has 0 saturated carbocycles. The van der Waals surface area contributed by atoms with Crippen molar-refractivity contribution in [2.45, 2.75) is 6.92 Å². The van der Waals surface area contributed by atoms with E-state index in [0.29, 0.717) is 27.6 Å². The van der Waals surface area contributed by atoms with E-state index < -0.39 is 0 Å². The van der Waals surface area contributed by atoms with Gasteiger partial charge in [0, 0.05) is 16.1 Å². The van der Waals surface area contributed by atoms with Crippen LogP contribution < -0.4 is 15.4 Å². The van der Waals surface area contributed by atoms with Gasteiger partial charge in [0.2, 0.25) is 0 Å². The normalized spacial score (nSPS) is 10.2. The van der Waals surface area contributed by atoms with E-state index in [1.165, 1.54) is 11.3 Å². The third-order valence-corrected chi connectivity index (χ3v) is 4.72. The molecule has 3 rings (SSSR count). The number of carbonyl (C=O) groups excluding carboxylic acids is 2. The Morgan fingerprint density at radius 1 is 0.885 bits per heavy atom. The maximum atomic E-state index is 12.4. The molecule has 1 aromatic heterocycles. The molecule has 0 bridgehead atoms. The zero-order valence-corrected chi connectivity index (χ0v) is 15.2. The molecule has 6 heteroatoms. The zero-order valence-electron chi connectivity index (χ0n) is 14.4. The summed E-state index contributed by atoms with van der Waals surface area (Å²) in [5.41, 5.74) is 1.72. The van der Waals surface area contributed by atoms with Gasteiger partial charge in [-0.2, -0.15) is 0 Å². The lowest BCUT2D eigenvalue weighted by Gasteiger charge is -2.10. The van der Waals surface area contributed by atoms with Crippen molar-refractivity contribution in [3.8, 4) is 5.75 Å². The Balaban J connectivity index is 1.67. The summed E-state index contributed by atoms with van der Waals surface area (Å²) in [5, 5.41) is 5.64. The van der Waals surface area contributed by atoms with Crippen LogP contribution in [0.25, 0.3) is 0 Å². The maximum absolute atomic E-state index is 12.4. The summed E-state index contributed by atoms with van der Waals surface area (Å²) < 4.78 is 5.23. The second-order valence-electron chi connectivity index (χ2n) is 5.60. The molecular weight excluding hydrogens is 348 g/mol. The third kappa shape index (κ3) is 4.10. The standard InChI is InChI=1S/C20H18N2O3S/c1-13-7-12-18(26-13)20(24)21-15-10-8-14(9-11-15)19(23)22-16-5-3-4-6-17(16)25-2/h3-12H,1-2H3,(H,21,24)(H,22,23). The molecule has 0 saturated heterocycles. The summed E-state index contributed by atoms with van der Waals surface area (Å²) in [6, 6.07) is 17.7. The van der Waals surface area contributed by atoms with Gasteiger partial charge in [0.1, 0.15) is 5.75 Å². The van der Waals surface area contributed by atoms with Crippen molar-refractivity contribution >= 4 is 34.5 Å². The Bertz CT molecular complexity index is 932. The van der Waals surface area contributed by atoms with Crippen molar-refractivity contribution < 1.29 is 14.3 Å². The fourth-order valence-electron chi connectivity index (χ4n) is 2.40. The Kier molecular flexibility index (Phi) is 5.34. The molecule has 0 aliphatic heterocycles. The van der Waals surface area contributed by atoms with Crippen LogP contribution in [0.5, 0.6) is 5.75 Å². The second kappa shape index (κ2) is 7.84. The molecule has 26 heavy (non-hydrogen) atoms. The Morgan fingerprint density at radius 3 is 2.27 bits per heavy atom. The van der Waals surface area contributed by atoms with Gasteiger partial charge in [-0.1, -0.05) is 12.1 Å². The number of ether oxygens (including phenoxy) is 1. The average Bonchev–Trinajstić information content (AvgIpc) is 3.09. The van der Waals surface area contributed by atoms with Gasteiger partial charge in [-0.15, -0.1) is 11.3 Å². The zero-order chi connectivity index (χ0) is 18.5. The summed E-state index contributed by atoms with van der Waals surface area (Å²) in [5.74, 6) is 0.187. The van der Waals surface area contributed by atoms with Gasteiger partial charge in [-0.3, -0.25) is 9.59 Å². The predicted molar refractivity (Wildman–Crippen MR) is 104 cm³/mol. The van der Waals surface area contributed by atoms with Crippen LogP contribution in [-0.2, 0) is 0 Å². The highest BCUT2D eigenvalue weighted by Crippen LogP contribution is 2.24. The molecule has 0 unspecified atom stereocenters. The first-order valence-corrected chi connectivity index (χ1v) is 8.80. The van der Waals surface area contributed by atoms with Crippen LogP contribution in [0, 0.1) is 6.92 Å². The first-order valence-electron chi connectivity index (χ1n) is 7.99. The summed E-state index contributed by atoms with van der Waals surface area (Å²) in [7, 11) is 1.55. The summed E-state index contributed by atoms with van der Waals surface area (Å²) in [6.45, 7) is 1.95. The predicted octanol–water partition coefficient (Wildman–Crippen LogP) is 4.57. The SMILES string of the molecule is COc1ccccc1NC(=O)c1ccc(NC(=O)c2ccc(C)s2)cc1. The molecule has 0 radical (unpaired) electrons. The van der Waals surface area contributed by atoms with Crippen LogP contribution in [0.4, 0.5) is 11.4 Å². The molecule has 0 spiro atoms. The number of carbonyl (C=O) groups is 2. The van der Waals surface area contributed by atoms with Crippen LogP contribution in [0.15, 0.2) is 60.7 Å². The smallest absolute Gasteiger partial charge is 0.265 e. The van der Waals surface area contributed by atoms with Crippen molar-refractivity contribution in [3.05, 3.63) is 76.0 Å². The molecule has 1 heterocycles. The van der Waals surface area contributed by atoms with E-state index in [1.807, 2.05) is 25.1 Å². The fourth-order valence-corrected chi connectivity index (χ4v) is 3.16. The number of methoxy groups -OCH3 is 1. The molecule has 0 aliphatic carbocycles. The quantitative estimate of drug-likeness (QED) is 0.695. The van der Waals surface area contributed by atoms with Gasteiger partial charge < -0.3 is 15.4 Å². The van der Waals surface area contributed by atoms with E-state index in [9.17, 15) is 9.59 Å². The van der Waals surface area contributed by atoms with Gasteiger partial charge in [0.25, 0.3) is 11.8 Å². The van der Waals surface area contributed by atoms with E-state index >= 15 is 0 Å². The number of para-hydroxylation sites is 2. The van der Waals surface area contributed by atoms with E-state index in [-0.39, 0.29) is 11.8 Å². The van der Waals surface area contributed by atoms with Gasteiger partial charge in [0.15, 0.2) is 0 Å². The van der Waals surface area contributed by atoms with Crippen molar-refractivity contribution in [1.29, 1.82) is 0 Å². The van der Waals surface area contributed by atoms with Crippen molar-refractivity contribution in [3.63, 3.8) is 0 Å². The lowest BCUT2D eigenvalue weighted by molar-refractivity contribution is 0.102. The number of amides is 2. The van der Waals surface area contributed by atoms with Crippen LogP contribution >= 0.6 is 11.3 Å². The molecule has 0 atom stereocenters. The highest BCUT2D eigenvalue weighted by molar-refractivity contribution is 7.14. The van der Waals surface area contributed by atoms with Crippen LogP contribution in [0.3, 0.4) is 0 Å². The Hall–Kier alpha value is -3.12. The molecule has 2 amide bonds. The number of rotatable bonds is 5. The summed E-state index contributed by atoms with van der Waals surface area (Å²) in [4.78, 5) is 26.3. The minimum atomic E-state index is -0.249. The van der Waals surface area contributed by atoms with Crippen molar-refractivity contribution in [2.75, 3.05) is 17.7 Å². The number of benzene rings is 2. The molecule has 132 valence electrons. The van der Waals surface area contributed by atoms with Gasteiger partial charge in [-0.25, -0.2) is 0 Å². The minimum Gasteiger partial charge on any atom is -0.495 e. The molecule has 2 aromatic carbocycles. The Labute approximate surface area is 155 Å². The molecule has 0 aliphatic rings. The topological polar surface area (TPSA) is 67.4 Å². The summed E-state index contributed by atoms with van der Waals surface area (Å²) >= 11 is 1.44. The highest BCUT2D eigenvalue weighted by atomic mass is 32.1. The minimum absolute atomic E-state index is 0.158. The Morgan fingerprint density at radius 2 is 1.62 bits per heavy atom. The monoisotopic (exact) mass is 366 g/mol. The van der Waals surface area contributed by atoms with Crippen molar-refractivity contribution in [1.82, 2.24) is 0 Å². The average molecular weight is 366 g/mol. The molecule has 0 fully saturated rings. The molecule has 3 aromatic rings. The largest absolute Gasteiger partial charge is 0.495 e. The molecule has 2 N–H and O–H groups in total. The van der Waals surface area contributed by atoms with Gasteiger partial charge in [-0.05, 0) is 55.5 Å². The number of hydrogen-bond donors (Lipinski definition) is 2. The van der Waals surface area contributed by atoms with Gasteiger partial charge >= 0.3 is 0 Å². The first-order chi connectivity index (χ1) is 12.6. The number of anilines is 2. The number of hydrogen-bond acceptors (Lipinski definition) is 4. The van der Waals surface area contributed by atoms with Crippen molar-refractivity contribution in [2.24, 2.45) is 0 Å². The summed E-state index contributed by atoms with van der Waals surface area (Å²) in [6.07, 6.45) is 0. The highest BCUT2D eigenvalue weighted by Gasteiger charge is 2.11. The van der Waals surface area contributed by atoms with Crippen LogP contribution in [0.2, 0.25) is 0 Å². The number of nitrogens with one attached hydrogen (secondary N) is 2. The van der Waals surface area contributed by atoms with Crippen LogP contribution in [-0.4, -0.2) is 18.9 Å². The number of aryl methyl sites for hydroxylation is 1. The first kappa shape index (κ1) is 17.7. The third-order valence-electron chi connectivity index (χ3n) is 3.72. The van der Waals surface area contributed by atoms with Gasteiger partial charge in [0.05, 0.1) is 17.7 Å². The lowest BCUT2D eigenvalue weighted by atomic mass is 10.2. The lowest BCUT2D eigenvalue weighted by Crippen LogP contribution is -2.13. The molecular formula is C20H18N2O3S. The van der Waals surface area contributed by atoms with Crippen LogP contribution in [0.1, 0.15) is 24.9 Å². The molecule has 5 nitrogen and oxygen atoms in total. The maximum Gasteiger partial charge on any atom is 0.265 e. The fraction of sp³-hybridized carbons (Fsp3) is 0.100. The van der Waals surface area contributed by atoms with E-state index in [1.54, 1.807) is 49.6 Å². The number of thiophene rings is 1. The second-order valence-corrected chi connectivity index (χ2v) is 6.88.